The maximum atomic E-state index is 3.98. The second kappa shape index (κ2) is 3.21. The summed E-state index contributed by atoms with van der Waals surface area (Å²) in [6, 6.07) is 8.59. The molecule has 0 aromatic heterocycles. The minimum atomic E-state index is 1.15. The molecule has 2 rings (SSSR count). The summed E-state index contributed by atoms with van der Waals surface area (Å²) < 4.78 is 0. The van der Waals surface area contributed by atoms with Gasteiger partial charge in [-0.15, -0.1) is 0 Å². The second-order valence-electron chi connectivity index (χ2n) is 3.65. The smallest absolute Gasteiger partial charge is 0.0222 e. The molecular formula is C13H14. The van der Waals surface area contributed by atoms with Crippen LogP contribution in [0.5, 0.6) is 0 Å². The van der Waals surface area contributed by atoms with Crippen LogP contribution in [0.3, 0.4) is 0 Å². The molecule has 0 bridgehead atoms. The van der Waals surface area contributed by atoms with E-state index in [0.29, 0.717) is 0 Å². The zero-order chi connectivity index (χ0) is 9.26. The van der Waals surface area contributed by atoms with Crippen molar-refractivity contribution in [2.24, 2.45) is 0 Å². The van der Waals surface area contributed by atoms with Crippen LogP contribution in [0.4, 0.5) is 0 Å². The highest BCUT2D eigenvalue weighted by molar-refractivity contribution is 5.63. The Bertz CT molecular complexity index is 369. The number of hydrogen-bond donors (Lipinski definition) is 0. The summed E-state index contributed by atoms with van der Waals surface area (Å²) in [5.41, 5.74) is 5.44. The van der Waals surface area contributed by atoms with E-state index in [-0.39, 0.29) is 0 Å². The molecule has 0 spiro atoms. The number of rotatable bonds is 1. The van der Waals surface area contributed by atoms with Crippen LogP contribution in [0.25, 0.3) is 6.08 Å². The van der Waals surface area contributed by atoms with Crippen LogP contribution in [0, 0.1) is 0 Å². The molecule has 1 aromatic carbocycles. The van der Waals surface area contributed by atoms with Gasteiger partial charge in [0.15, 0.2) is 0 Å². The van der Waals surface area contributed by atoms with Crippen LogP contribution >= 0.6 is 0 Å². The van der Waals surface area contributed by atoms with E-state index in [0.717, 1.165) is 12.8 Å². The fourth-order valence-electron chi connectivity index (χ4n) is 1.77. The van der Waals surface area contributed by atoms with E-state index >= 15 is 0 Å². The first-order chi connectivity index (χ1) is 6.27. The average Bonchev–Trinajstić information content (AvgIpc) is 2.17. The SMILES string of the molecule is C=C(C)C1=Cc2ccccc2CC1. The summed E-state index contributed by atoms with van der Waals surface area (Å²) in [5, 5.41) is 0. The molecular weight excluding hydrogens is 156 g/mol. The highest BCUT2D eigenvalue weighted by Gasteiger charge is 2.09. The Kier molecular flexibility index (Phi) is 2.05. The van der Waals surface area contributed by atoms with Gasteiger partial charge in [-0.1, -0.05) is 42.5 Å². The predicted octanol–water partition coefficient (Wildman–Crippen LogP) is 3.59. The first-order valence-corrected chi connectivity index (χ1v) is 4.72. The molecule has 1 aliphatic carbocycles. The molecule has 0 heteroatoms. The molecule has 0 unspecified atom stereocenters. The minimum absolute atomic E-state index is 1.15. The largest absolute Gasteiger partial charge is 0.0958 e. The van der Waals surface area contributed by atoms with E-state index in [1.165, 1.54) is 22.3 Å². The third-order valence-corrected chi connectivity index (χ3v) is 2.60. The maximum absolute atomic E-state index is 3.98. The van der Waals surface area contributed by atoms with Crippen molar-refractivity contribution >= 4 is 6.08 Å². The van der Waals surface area contributed by atoms with Crippen molar-refractivity contribution in [1.82, 2.24) is 0 Å². The Hall–Kier alpha value is -1.30. The van der Waals surface area contributed by atoms with Gasteiger partial charge in [-0.3, -0.25) is 0 Å². The maximum Gasteiger partial charge on any atom is -0.0222 e. The number of fused-ring (bicyclic) bond motifs is 1. The van der Waals surface area contributed by atoms with Crippen molar-refractivity contribution in [3.63, 3.8) is 0 Å². The Labute approximate surface area is 79.6 Å². The Morgan fingerprint density at radius 1 is 1.23 bits per heavy atom. The van der Waals surface area contributed by atoms with E-state index in [2.05, 4.69) is 43.8 Å². The van der Waals surface area contributed by atoms with Gasteiger partial charge in [0.25, 0.3) is 0 Å². The monoisotopic (exact) mass is 170 g/mol. The molecule has 0 radical (unpaired) electrons. The van der Waals surface area contributed by atoms with Gasteiger partial charge in [0.1, 0.15) is 0 Å². The summed E-state index contributed by atoms with van der Waals surface area (Å²) in [7, 11) is 0. The van der Waals surface area contributed by atoms with Gasteiger partial charge < -0.3 is 0 Å². The molecule has 0 N–H and O–H groups in total. The summed E-state index contributed by atoms with van der Waals surface area (Å²) >= 11 is 0. The molecule has 1 aromatic rings. The van der Waals surface area contributed by atoms with Crippen LogP contribution in [0.1, 0.15) is 24.5 Å². The average molecular weight is 170 g/mol. The first-order valence-electron chi connectivity index (χ1n) is 4.72. The topological polar surface area (TPSA) is 0 Å². The summed E-state index contributed by atoms with van der Waals surface area (Å²) in [5.74, 6) is 0. The van der Waals surface area contributed by atoms with E-state index < -0.39 is 0 Å². The van der Waals surface area contributed by atoms with Crippen LogP contribution in [0.15, 0.2) is 42.0 Å². The molecule has 1 aliphatic rings. The number of aryl methyl sites for hydroxylation is 1. The van der Waals surface area contributed by atoms with Crippen LogP contribution in [-0.4, -0.2) is 0 Å². The van der Waals surface area contributed by atoms with Crippen molar-refractivity contribution in [3.8, 4) is 0 Å². The molecule has 13 heavy (non-hydrogen) atoms. The van der Waals surface area contributed by atoms with Crippen LogP contribution in [0.2, 0.25) is 0 Å². The zero-order valence-corrected chi connectivity index (χ0v) is 8.01. The minimum Gasteiger partial charge on any atom is -0.0958 e. The zero-order valence-electron chi connectivity index (χ0n) is 8.01. The highest BCUT2D eigenvalue weighted by Crippen LogP contribution is 2.26. The number of hydrogen-bond acceptors (Lipinski definition) is 0. The van der Waals surface area contributed by atoms with E-state index in [1.807, 2.05) is 0 Å². The number of allylic oxidation sites excluding steroid dienone is 2. The first kappa shape index (κ1) is 8.31. The second-order valence-corrected chi connectivity index (χ2v) is 3.65. The Balaban J connectivity index is 2.44. The van der Waals surface area contributed by atoms with Crippen LogP contribution < -0.4 is 0 Å². The Morgan fingerprint density at radius 2 is 2.00 bits per heavy atom. The normalized spacial score (nSPS) is 14.7. The molecule has 0 amide bonds. The van der Waals surface area contributed by atoms with Gasteiger partial charge in [0.05, 0.1) is 0 Å². The molecule has 0 aliphatic heterocycles. The van der Waals surface area contributed by atoms with Gasteiger partial charge in [-0.25, -0.2) is 0 Å². The van der Waals surface area contributed by atoms with Gasteiger partial charge in [0.2, 0.25) is 0 Å². The lowest BCUT2D eigenvalue weighted by molar-refractivity contribution is 0.935. The molecule has 0 saturated heterocycles. The molecule has 0 saturated carbocycles. The summed E-state index contributed by atoms with van der Waals surface area (Å²) in [6.45, 7) is 6.07. The molecule has 0 nitrogen and oxygen atoms in total. The fraction of sp³-hybridized carbons (Fsp3) is 0.231. The van der Waals surface area contributed by atoms with Crippen LogP contribution in [-0.2, 0) is 6.42 Å². The van der Waals surface area contributed by atoms with E-state index in [4.69, 9.17) is 0 Å². The van der Waals surface area contributed by atoms with Crippen molar-refractivity contribution in [1.29, 1.82) is 0 Å². The molecule has 0 heterocycles. The van der Waals surface area contributed by atoms with Gasteiger partial charge in [-0.05, 0) is 36.5 Å². The van der Waals surface area contributed by atoms with E-state index in [9.17, 15) is 0 Å². The highest BCUT2D eigenvalue weighted by atomic mass is 14.1. The standard InChI is InChI=1S/C13H14/c1-10(2)12-8-7-11-5-3-4-6-13(11)9-12/h3-6,9H,1,7-8H2,2H3. The third-order valence-electron chi connectivity index (χ3n) is 2.60. The van der Waals surface area contributed by atoms with Crippen molar-refractivity contribution in [3.05, 3.63) is 53.1 Å². The van der Waals surface area contributed by atoms with Gasteiger partial charge in [0, 0.05) is 0 Å². The van der Waals surface area contributed by atoms with Gasteiger partial charge in [-0.2, -0.15) is 0 Å². The summed E-state index contributed by atoms with van der Waals surface area (Å²) in [4.78, 5) is 0. The molecule has 0 fully saturated rings. The predicted molar refractivity (Wildman–Crippen MR) is 57.6 cm³/mol. The third kappa shape index (κ3) is 1.57. The Morgan fingerprint density at radius 3 is 2.77 bits per heavy atom. The lowest BCUT2D eigenvalue weighted by Gasteiger charge is -2.15. The summed E-state index contributed by atoms with van der Waals surface area (Å²) in [6.07, 6.45) is 4.57. The lowest BCUT2D eigenvalue weighted by atomic mass is 9.90. The molecule has 66 valence electrons. The molecule has 0 atom stereocenters. The van der Waals surface area contributed by atoms with Crippen molar-refractivity contribution in [2.75, 3.05) is 0 Å². The quantitative estimate of drug-likeness (QED) is 0.604. The van der Waals surface area contributed by atoms with Crippen molar-refractivity contribution < 1.29 is 0 Å². The fourth-order valence-corrected chi connectivity index (χ4v) is 1.77. The van der Waals surface area contributed by atoms with Gasteiger partial charge >= 0.3 is 0 Å². The van der Waals surface area contributed by atoms with Crippen molar-refractivity contribution in [2.45, 2.75) is 19.8 Å². The van der Waals surface area contributed by atoms with E-state index in [1.54, 1.807) is 0 Å². The lowest BCUT2D eigenvalue weighted by Crippen LogP contribution is -1.99. The number of benzene rings is 1.